The lowest BCUT2D eigenvalue weighted by Gasteiger charge is -2.28. The predicted octanol–water partition coefficient (Wildman–Crippen LogP) is 6.06. The number of nitrogens with zero attached hydrogens (tertiary/aromatic N) is 4. The Bertz CT molecular complexity index is 2060. The van der Waals surface area contributed by atoms with Crippen molar-refractivity contribution < 1.29 is 32.8 Å². The summed E-state index contributed by atoms with van der Waals surface area (Å²) < 4.78 is 27.1. The number of Topliss-reactive ketones (excluding diaryl/α,β-unsaturated/α-hetero) is 3. The number of anilines is 2. The van der Waals surface area contributed by atoms with Gasteiger partial charge in [-0.15, -0.1) is 0 Å². The number of fused-ring (bicyclic) bond motifs is 3. The monoisotopic (exact) mass is 754 g/mol. The third-order valence-electron chi connectivity index (χ3n) is 10.5. The molecule has 4 aromatic rings. The first-order chi connectivity index (χ1) is 26.7. The number of benzene rings is 3. The van der Waals surface area contributed by atoms with E-state index in [9.17, 15) is 32.8 Å². The van der Waals surface area contributed by atoms with Gasteiger partial charge in [0.05, 0.1) is 34.4 Å². The van der Waals surface area contributed by atoms with Gasteiger partial charge in [0.25, 0.3) is 17.6 Å². The Morgan fingerprint density at radius 2 is 1.31 bits per heavy atom. The van der Waals surface area contributed by atoms with Crippen LogP contribution in [0.4, 0.5) is 20.2 Å². The lowest BCUT2D eigenvalue weighted by atomic mass is 9.98. The number of hydrogen-bond donors (Lipinski definition) is 2. The number of hydrogen-bond acceptors (Lipinski definition) is 9. The van der Waals surface area contributed by atoms with Crippen LogP contribution in [0.3, 0.4) is 0 Å². The Hall–Kier alpha value is -4.98. The van der Waals surface area contributed by atoms with Crippen molar-refractivity contribution in [2.45, 2.75) is 64.2 Å². The second-order valence-corrected chi connectivity index (χ2v) is 14.4. The van der Waals surface area contributed by atoms with Gasteiger partial charge >= 0.3 is 0 Å². The van der Waals surface area contributed by atoms with Gasteiger partial charge in [0.15, 0.2) is 0 Å². The van der Waals surface area contributed by atoms with Gasteiger partial charge in [0.1, 0.15) is 28.7 Å². The minimum Gasteiger partial charge on any atom is -0.329 e. The number of ketones is 3. The maximum absolute atomic E-state index is 14.3. The molecule has 0 bridgehead atoms. The summed E-state index contributed by atoms with van der Waals surface area (Å²) in [5.74, 6) is -2.22. The van der Waals surface area contributed by atoms with Crippen LogP contribution in [0.5, 0.6) is 0 Å². The molecule has 0 atom stereocenters. The summed E-state index contributed by atoms with van der Waals surface area (Å²) in [5.41, 5.74) is 7.98. The first-order valence-electron chi connectivity index (χ1n) is 19.3. The van der Waals surface area contributed by atoms with Crippen LogP contribution < -0.4 is 16.0 Å². The predicted molar refractivity (Wildman–Crippen MR) is 208 cm³/mol. The van der Waals surface area contributed by atoms with E-state index < -0.39 is 17.5 Å². The number of pyridine rings is 1. The molecule has 0 spiro atoms. The van der Waals surface area contributed by atoms with Crippen LogP contribution in [0.2, 0.25) is 0 Å². The first kappa shape index (κ1) is 39.7. The lowest BCUT2D eigenvalue weighted by Crippen LogP contribution is -2.39. The van der Waals surface area contributed by atoms with Crippen molar-refractivity contribution in [3.63, 3.8) is 0 Å². The number of para-hydroxylation sites is 2. The first-order valence-corrected chi connectivity index (χ1v) is 19.3. The zero-order valence-electron chi connectivity index (χ0n) is 31.1. The zero-order valence-corrected chi connectivity index (χ0v) is 31.1. The Morgan fingerprint density at radius 1 is 0.691 bits per heavy atom. The van der Waals surface area contributed by atoms with E-state index in [1.807, 2.05) is 23.1 Å². The van der Waals surface area contributed by atoms with Crippen LogP contribution in [0.25, 0.3) is 21.8 Å². The number of likely N-dealkylation sites (tertiary alicyclic amines) is 2. The van der Waals surface area contributed by atoms with Crippen LogP contribution in [-0.4, -0.2) is 96.3 Å². The second kappa shape index (κ2) is 18.6. The SMILES string of the molecule is NCCN1CCCCC1.O=C1CCCC(=O)C1.O=C1Nc2c(F)cccc2C1=O.O=C1c2c3cccc(F)c3nc3cccc(c23)N1CCN1CCCCC1. The van der Waals surface area contributed by atoms with E-state index in [1.165, 1.54) is 75.9 Å². The van der Waals surface area contributed by atoms with Crippen LogP contribution in [-0.2, 0) is 14.4 Å². The topological polar surface area (TPSA) is 146 Å². The number of amides is 2. The smallest absolute Gasteiger partial charge is 0.296 e. The minimum atomic E-state index is -0.768. The van der Waals surface area contributed by atoms with Gasteiger partial charge in [0, 0.05) is 49.8 Å². The molecule has 11 nitrogen and oxygen atoms in total. The summed E-state index contributed by atoms with van der Waals surface area (Å²) in [4.78, 5) is 67.1. The Morgan fingerprint density at radius 3 is 1.93 bits per heavy atom. The van der Waals surface area contributed by atoms with E-state index in [2.05, 4.69) is 20.1 Å². The highest BCUT2D eigenvalue weighted by Crippen LogP contribution is 2.40. The highest BCUT2D eigenvalue weighted by atomic mass is 19.1. The number of carbonyl (C=O) groups is 5. The van der Waals surface area contributed by atoms with Gasteiger partial charge in [-0.3, -0.25) is 24.0 Å². The fraction of sp³-hybridized carbons (Fsp3) is 0.429. The van der Waals surface area contributed by atoms with E-state index in [-0.39, 0.29) is 46.5 Å². The summed E-state index contributed by atoms with van der Waals surface area (Å²) in [6.45, 7) is 8.21. The molecule has 0 unspecified atom stereocenters. The maximum Gasteiger partial charge on any atom is 0.296 e. The Balaban J connectivity index is 0.000000146. The standard InChI is InChI=1S/C21H20FN3O.C8H4FNO2.C7H16N2.C6H8O2/c22-15-7-4-6-14-18-19-16(23-20(14)15)8-5-9-17(19)25(21(18)26)13-12-24-10-2-1-3-11-24;9-5-3-1-2-4-6(5)10-8(12)7(4)11;8-4-7-9-5-2-1-3-6-9;7-5-2-1-3-6(8)4-5/h4-9H,1-3,10-13H2;1-3H,(H,10,11,12);1-8H2;1-4H2. The fourth-order valence-corrected chi connectivity index (χ4v) is 7.68. The van der Waals surface area contributed by atoms with Gasteiger partial charge < -0.3 is 25.8 Å². The molecule has 3 fully saturated rings. The Labute approximate surface area is 319 Å². The van der Waals surface area contributed by atoms with E-state index in [1.54, 1.807) is 12.1 Å². The quantitative estimate of drug-likeness (QED) is 0.141. The number of nitrogens with two attached hydrogens (primary N) is 1. The zero-order chi connectivity index (χ0) is 38.9. The van der Waals surface area contributed by atoms with E-state index in [0.717, 1.165) is 50.2 Å². The van der Waals surface area contributed by atoms with E-state index in [0.29, 0.717) is 35.9 Å². The summed E-state index contributed by atoms with van der Waals surface area (Å²) in [6.07, 6.45) is 10.1. The normalized spacial score (nSPS) is 18.2. The lowest BCUT2D eigenvalue weighted by molar-refractivity contribution is -0.129. The van der Waals surface area contributed by atoms with Crippen molar-refractivity contribution in [3.8, 4) is 0 Å². The Kier molecular flexibility index (Phi) is 13.4. The van der Waals surface area contributed by atoms with Crippen molar-refractivity contribution in [1.29, 1.82) is 0 Å². The number of aromatic nitrogens is 1. The molecule has 9 rings (SSSR count). The number of carbonyl (C=O) groups excluding carboxylic acids is 5. The molecule has 55 heavy (non-hydrogen) atoms. The number of piperidine rings is 2. The highest BCUT2D eigenvalue weighted by molar-refractivity contribution is 6.51. The van der Waals surface area contributed by atoms with Gasteiger partial charge in [-0.1, -0.05) is 37.1 Å². The molecule has 2 amide bonds. The fourth-order valence-electron chi connectivity index (χ4n) is 7.68. The minimum absolute atomic E-state index is 0.00694. The van der Waals surface area contributed by atoms with E-state index in [4.69, 9.17) is 5.73 Å². The molecular weight excluding hydrogens is 706 g/mol. The molecular formula is C42H48F2N6O5. The van der Waals surface area contributed by atoms with Crippen molar-refractivity contribution in [2.75, 3.05) is 62.6 Å². The highest BCUT2D eigenvalue weighted by Gasteiger charge is 2.33. The molecule has 1 saturated carbocycles. The molecule has 5 heterocycles. The third-order valence-corrected chi connectivity index (χ3v) is 10.5. The largest absolute Gasteiger partial charge is 0.329 e. The molecule has 3 N–H and O–H groups in total. The second-order valence-electron chi connectivity index (χ2n) is 14.4. The number of nitrogens with one attached hydrogen (secondary N) is 1. The molecule has 1 aliphatic carbocycles. The summed E-state index contributed by atoms with van der Waals surface area (Å²) >= 11 is 0. The van der Waals surface area contributed by atoms with Crippen LogP contribution >= 0.6 is 0 Å². The molecule has 0 radical (unpaired) electrons. The molecule has 2 saturated heterocycles. The molecule has 3 aromatic carbocycles. The molecule has 1 aromatic heterocycles. The molecule has 13 heteroatoms. The average molecular weight is 755 g/mol. The van der Waals surface area contributed by atoms with Crippen molar-refractivity contribution in [3.05, 3.63) is 77.4 Å². The van der Waals surface area contributed by atoms with Crippen LogP contribution in [0.1, 0.15) is 84.9 Å². The molecule has 290 valence electrons. The van der Waals surface area contributed by atoms with Gasteiger partial charge in [0.2, 0.25) is 0 Å². The molecule has 5 aliphatic rings. The van der Waals surface area contributed by atoms with Gasteiger partial charge in [-0.05, 0) is 88.6 Å². The van der Waals surface area contributed by atoms with Gasteiger partial charge in [-0.2, -0.15) is 0 Å². The van der Waals surface area contributed by atoms with Crippen LogP contribution in [0, 0.1) is 11.6 Å². The number of halogens is 2. The average Bonchev–Trinajstić information content (AvgIpc) is 3.65. The maximum atomic E-state index is 14.3. The van der Waals surface area contributed by atoms with Crippen molar-refractivity contribution in [2.24, 2.45) is 5.73 Å². The van der Waals surface area contributed by atoms with Crippen molar-refractivity contribution >= 4 is 62.3 Å². The van der Waals surface area contributed by atoms with Gasteiger partial charge in [-0.25, -0.2) is 13.8 Å². The summed E-state index contributed by atoms with van der Waals surface area (Å²) in [7, 11) is 0. The summed E-state index contributed by atoms with van der Waals surface area (Å²) in [6, 6.07) is 14.6. The van der Waals surface area contributed by atoms with E-state index >= 15 is 0 Å². The molecule has 4 aliphatic heterocycles. The number of rotatable bonds is 5. The van der Waals surface area contributed by atoms with Crippen LogP contribution in [0.15, 0.2) is 54.6 Å². The van der Waals surface area contributed by atoms with Crippen molar-refractivity contribution in [1.82, 2.24) is 14.8 Å². The summed E-state index contributed by atoms with van der Waals surface area (Å²) in [5, 5.41) is 3.61. The third kappa shape index (κ3) is 9.46.